The molecule has 2 saturated heterocycles. The van der Waals surface area contributed by atoms with E-state index in [9.17, 15) is 18.8 Å². The molecule has 1 aliphatic carbocycles. The van der Waals surface area contributed by atoms with Crippen LogP contribution >= 0.6 is 0 Å². The summed E-state index contributed by atoms with van der Waals surface area (Å²) in [5.41, 5.74) is 1.67. The number of amides is 3. The Labute approximate surface area is 200 Å². The summed E-state index contributed by atoms with van der Waals surface area (Å²) in [5.74, 6) is -1.57. The van der Waals surface area contributed by atoms with Crippen molar-refractivity contribution in [2.24, 2.45) is 5.41 Å². The van der Waals surface area contributed by atoms with Crippen LogP contribution < -0.4 is 10.6 Å². The minimum absolute atomic E-state index is 0.0773. The number of imide groups is 1. The van der Waals surface area contributed by atoms with Crippen molar-refractivity contribution >= 4 is 17.7 Å². The number of carbonyl (C=O) groups excluding carboxylic acids is 3. The third-order valence-corrected chi connectivity index (χ3v) is 7.44. The van der Waals surface area contributed by atoms with Crippen molar-refractivity contribution in [1.82, 2.24) is 15.5 Å². The molecular formula is C26H36FN3O4. The average molecular weight is 474 g/mol. The molecule has 5 rings (SSSR count). The molecule has 3 atom stereocenters. The molecular weight excluding hydrogens is 437 g/mol. The molecule has 34 heavy (non-hydrogen) atoms. The first kappa shape index (κ1) is 24.8. The van der Waals surface area contributed by atoms with Crippen molar-refractivity contribution in [3.05, 3.63) is 34.6 Å². The van der Waals surface area contributed by atoms with Crippen molar-refractivity contribution in [2.45, 2.75) is 90.4 Å². The molecule has 8 heteroatoms. The minimum atomic E-state index is -0.702. The Morgan fingerprint density at radius 3 is 2.59 bits per heavy atom. The van der Waals surface area contributed by atoms with Gasteiger partial charge in [-0.25, -0.2) is 4.39 Å². The maximum absolute atomic E-state index is 14.0. The first-order valence-electron chi connectivity index (χ1n) is 12.4. The molecule has 1 aromatic rings. The summed E-state index contributed by atoms with van der Waals surface area (Å²) in [6.45, 7) is 8.37. The van der Waals surface area contributed by atoms with E-state index in [0.29, 0.717) is 28.1 Å². The van der Waals surface area contributed by atoms with E-state index in [1.165, 1.54) is 37.0 Å². The Balaban J connectivity index is 0.000000172. The van der Waals surface area contributed by atoms with Crippen LogP contribution in [-0.2, 0) is 20.9 Å². The number of nitrogens with one attached hydrogen (secondary N) is 2. The normalized spacial score (nSPS) is 28.3. The number of piperidine rings is 1. The first-order valence-corrected chi connectivity index (χ1v) is 12.4. The largest absolute Gasteiger partial charge is 0.380 e. The molecule has 0 radical (unpaired) electrons. The zero-order valence-corrected chi connectivity index (χ0v) is 20.4. The van der Waals surface area contributed by atoms with Crippen LogP contribution in [0, 0.1) is 18.2 Å². The van der Waals surface area contributed by atoms with Gasteiger partial charge >= 0.3 is 0 Å². The SMILES string of the molecule is CC1(C)CCC(NC2CCCOC2)C1.Cc1ccc2c(c1F)CN(C1CCC(=O)NC1=O)C2=O. The van der Waals surface area contributed by atoms with Crippen molar-refractivity contribution in [2.75, 3.05) is 13.2 Å². The van der Waals surface area contributed by atoms with Gasteiger partial charge in [-0.05, 0) is 62.5 Å². The topological polar surface area (TPSA) is 87.7 Å². The number of fused-ring (bicyclic) bond motifs is 1. The highest BCUT2D eigenvalue weighted by Gasteiger charge is 2.40. The van der Waals surface area contributed by atoms with Gasteiger partial charge in [0.15, 0.2) is 0 Å². The van der Waals surface area contributed by atoms with Crippen LogP contribution in [0.5, 0.6) is 0 Å². The van der Waals surface area contributed by atoms with Crippen LogP contribution in [0.15, 0.2) is 12.1 Å². The lowest BCUT2D eigenvalue weighted by molar-refractivity contribution is -0.136. The van der Waals surface area contributed by atoms with E-state index < -0.39 is 17.8 Å². The predicted molar refractivity (Wildman–Crippen MR) is 126 cm³/mol. The number of benzene rings is 1. The molecule has 2 N–H and O–H groups in total. The number of rotatable bonds is 3. The fourth-order valence-corrected chi connectivity index (χ4v) is 5.51. The molecule has 3 fully saturated rings. The summed E-state index contributed by atoms with van der Waals surface area (Å²) in [4.78, 5) is 36.6. The van der Waals surface area contributed by atoms with Crippen LogP contribution in [0.2, 0.25) is 0 Å². The lowest BCUT2D eigenvalue weighted by Crippen LogP contribution is -2.52. The van der Waals surface area contributed by atoms with E-state index in [1.54, 1.807) is 19.1 Å². The Morgan fingerprint density at radius 1 is 1.15 bits per heavy atom. The summed E-state index contributed by atoms with van der Waals surface area (Å²) in [6, 6.07) is 3.81. The van der Waals surface area contributed by atoms with Gasteiger partial charge in [0.2, 0.25) is 11.8 Å². The van der Waals surface area contributed by atoms with E-state index in [4.69, 9.17) is 4.74 Å². The molecule has 0 aromatic heterocycles. The third-order valence-electron chi connectivity index (χ3n) is 7.44. The Bertz CT molecular complexity index is 958. The van der Waals surface area contributed by atoms with Crippen LogP contribution in [0.1, 0.15) is 80.3 Å². The predicted octanol–water partition coefficient (Wildman–Crippen LogP) is 3.23. The number of carbonyl (C=O) groups is 3. The number of halogens is 1. The molecule has 3 aliphatic heterocycles. The van der Waals surface area contributed by atoms with Crippen molar-refractivity contribution in [1.29, 1.82) is 0 Å². The van der Waals surface area contributed by atoms with Gasteiger partial charge < -0.3 is 15.0 Å². The fourth-order valence-electron chi connectivity index (χ4n) is 5.51. The van der Waals surface area contributed by atoms with Gasteiger partial charge in [0.1, 0.15) is 11.9 Å². The van der Waals surface area contributed by atoms with Crippen LogP contribution in [-0.4, -0.2) is 54.0 Å². The Kier molecular flexibility index (Phi) is 7.38. The summed E-state index contributed by atoms with van der Waals surface area (Å²) < 4.78 is 19.5. The van der Waals surface area contributed by atoms with Crippen molar-refractivity contribution in [3.63, 3.8) is 0 Å². The van der Waals surface area contributed by atoms with Gasteiger partial charge in [-0.1, -0.05) is 19.9 Å². The van der Waals surface area contributed by atoms with Crippen LogP contribution in [0.3, 0.4) is 0 Å². The second kappa shape index (κ2) is 10.1. The summed E-state index contributed by atoms with van der Waals surface area (Å²) in [7, 11) is 0. The number of hydrogen-bond acceptors (Lipinski definition) is 5. The number of nitrogens with zero attached hydrogens (tertiary/aromatic N) is 1. The second-order valence-electron chi connectivity index (χ2n) is 10.8. The molecule has 3 amide bonds. The molecule has 186 valence electrons. The lowest BCUT2D eigenvalue weighted by Gasteiger charge is -2.29. The van der Waals surface area contributed by atoms with E-state index in [1.807, 2.05) is 0 Å². The summed E-state index contributed by atoms with van der Waals surface area (Å²) in [6.07, 6.45) is 7.07. The van der Waals surface area contributed by atoms with Gasteiger partial charge in [-0.3, -0.25) is 19.7 Å². The van der Waals surface area contributed by atoms with Gasteiger partial charge in [0, 0.05) is 36.2 Å². The maximum Gasteiger partial charge on any atom is 0.255 e. The van der Waals surface area contributed by atoms with E-state index in [-0.39, 0.29) is 31.2 Å². The molecule has 7 nitrogen and oxygen atoms in total. The number of hydrogen-bond donors (Lipinski definition) is 2. The van der Waals surface area contributed by atoms with E-state index in [2.05, 4.69) is 24.5 Å². The van der Waals surface area contributed by atoms with Gasteiger partial charge in [-0.15, -0.1) is 0 Å². The molecule has 4 aliphatic rings. The smallest absolute Gasteiger partial charge is 0.255 e. The number of ether oxygens (including phenoxy) is 1. The summed E-state index contributed by atoms with van der Waals surface area (Å²) >= 11 is 0. The van der Waals surface area contributed by atoms with Crippen molar-refractivity contribution in [3.8, 4) is 0 Å². The van der Waals surface area contributed by atoms with Gasteiger partial charge in [0.25, 0.3) is 5.91 Å². The first-order chi connectivity index (χ1) is 16.1. The van der Waals surface area contributed by atoms with E-state index >= 15 is 0 Å². The molecule has 1 aromatic carbocycles. The highest BCUT2D eigenvalue weighted by molar-refractivity contribution is 6.05. The standard InChI is InChI=1S/C14H13FN2O3.C12H23NO/c1-7-2-3-8-9(12(7)15)6-17(14(8)20)10-4-5-11(18)16-13(10)19;1-12(2)6-5-10(8-12)13-11-4-3-7-14-9-11/h2-3,10H,4-6H2,1H3,(H,16,18,19);10-11,13H,3-9H2,1-2H3. The average Bonchev–Trinajstić information content (AvgIpc) is 3.31. The monoisotopic (exact) mass is 473 g/mol. The zero-order chi connectivity index (χ0) is 24.5. The van der Waals surface area contributed by atoms with Gasteiger partial charge in [-0.2, -0.15) is 0 Å². The van der Waals surface area contributed by atoms with E-state index in [0.717, 1.165) is 19.3 Å². The lowest BCUT2D eigenvalue weighted by atomic mass is 9.91. The Hall–Kier alpha value is -2.32. The molecule has 0 bridgehead atoms. The molecule has 0 spiro atoms. The second-order valence-corrected chi connectivity index (χ2v) is 10.8. The third kappa shape index (κ3) is 5.49. The van der Waals surface area contributed by atoms with Crippen molar-refractivity contribution < 1.29 is 23.5 Å². The highest BCUT2D eigenvalue weighted by atomic mass is 19.1. The van der Waals surface area contributed by atoms with Crippen LogP contribution in [0.25, 0.3) is 0 Å². The molecule has 3 unspecified atom stereocenters. The zero-order valence-electron chi connectivity index (χ0n) is 20.4. The summed E-state index contributed by atoms with van der Waals surface area (Å²) in [5, 5.41) is 5.96. The van der Waals surface area contributed by atoms with Gasteiger partial charge in [0.05, 0.1) is 13.2 Å². The quantitative estimate of drug-likeness (QED) is 0.658. The minimum Gasteiger partial charge on any atom is -0.380 e. The fraction of sp³-hybridized carbons (Fsp3) is 0.654. The van der Waals surface area contributed by atoms with Crippen LogP contribution in [0.4, 0.5) is 4.39 Å². The molecule has 1 saturated carbocycles. The maximum atomic E-state index is 14.0. The highest BCUT2D eigenvalue weighted by Crippen LogP contribution is 2.37. The number of aryl methyl sites for hydroxylation is 1. The molecule has 3 heterocycles. The Morgan fingerprint density at radius 2 is 1.94 bits per heavy atom.